The number of benzene rings is 1. The molecule has 0 radical (unpaired) electrons. The van der Waals surface area contributed by atoms with E-state index in [4.69, 9.17) is 4.74 Å². The number of carbonyl (C=O) groups is 2. The van der Waals surface area contributed by atoms with Crippen LogP contribution in [0.1, 0.15) is 35.8 Å². The fraction of sp³-hybridized carbons (Fsp3) is 0.360. The van der Waals surface area contributed by atoms with Gasteiger partial charge >= 0.3 is 6.09 Å². The summed E-state index contributed by atoms with van der Waals surface area (Å²) in [5.74, 6) is -4.75. The molecule has 8 nitrogen and oxygen atoms in total. The van der Waals surface area contributed by atoms with Crippen molar-refractivity contribution in [3.05, 3.63) is 65.9 Å². The van der Waals surface area contributed by atoms with Gasteiger partial charge in [-0.2, -0.15) is 5.10 Å². The van der Waals surface area contributed by atoms with Crippen LogP contribution >= 0.6 is 0 Å². The molecule has 11 heteroatoms. The quantitative estimate of drug-likeness (QED) is 0.545. The molecule has 2 saturated heterocycles. The van der Waals surface area contributed by atoms with Gasteiger partial charge in [-0.25, -0.2) is 22.6 Å². The summed E-state index contributed by atoms with van der Waals surface area (Å²) < 4.78 is 49.0. The Balaban J connectivity index is 1.36. The van der Waals surface area contributed by atoms with Crippen molar-refractivity contribution in [2.45, 2.75) is 37.3 Å². The van der Waals surface area contributed by atoms with Crippen molar-refractivity contribution in [2.24, 2.45) is 0 Å². The number of piperazine rings is 1. The van der Waals surface area contributed by atoms with E-state index in [-0.39, 0.29) is 29.4 Å². The van der Waals surface area contributed by atoms with Crippen molar-refractivity contribution in [1.82, 2.24) is 24.6 Å². The summed E-state index contributed by atoms with van der Waals surface area (Å²) in [6.07, 6.45) is 4.38. The van der Waals surface area contributed by atoms with Crippen LogP contribution < -0.4 is 0 Å². The third kappa shape index (κ3) is 3.61. The van der Waals surface area contributed by atoms with Gasteiger partial charge in [0.1, 0.15) is 11.4 Å². The predicted octanol–water partition coefficient (Wildman–Crippen LogP) is 3.99. The summed E-state index contributed by atoms with van der Waals surface area (Å²) in [7, 11) is 0. The molecule has 1 spiro atoms. The zero-order chi connectivity index (χ0) is 25.2. The van der Waals surface area contributed by atoms with Crippen molar-refractivity contribution in [3.63, 3.8) is 0 Å². The maximum Gasteiger partial charge on any atom is 0.410 e. The van der Waals surface area contributed by atoms with Gasteiger partial charge in [0.25, 0.3) is 11.8 Å². The highest BCUT2D eigenvalue weighted by Crippen LogP contribution is 2.50. The molecule has 4 heterocycles. The number of rotatable bonds is 4. The molecule has 2 aliphatic heterocycles. The number of hydrogen-bond acceptors (Lipinski definition) is 5. The van der Waals surface area contributed by atoms with E-state index in [1.807, 2.05) is 0 Å². The van der Waals surface area contributed by atoms with Crippen LogP contribution in [0.5, 0.6) is 0 Å². The minimum Gasteiger partial charge on any atom is -0.441 e. The summed E-state index contributed by atoms with van der Waals surface area (Å²) in [6, 6.07) is 8.19. The first-order valence-electron chi connectivity index (χ1n) is 11.6. The Labute approximate surface area is 204 Å². The second-order valence-electron chi connectivity index (χ2n) is 9.51. The van der Waals surface area contributed by atoms with Gasteiger partial charge in [0, 0.05) is 50.6 Å². The number of nitrogens with zero attached hydrogens (tertiary/aromatic N) is 5. The molecule has 1 aliphatic carbocycles. The molecule has 1 aromatic carbocycles. The van der Waals surface area contributed by atoms with Gasteiger partial charge in [-0.3, -0.25) is 14.7 Å². The van der Waals surface area contributed by atoms with Crippen LogP contribution in [0.4, 0.5) is 18.0 Å². The van der Waals surface area contributed by atoms with Crippen molar-refractivity contribution in [1.29, 1.82) is 0 Å². The molecular formula is C25H22F3N5O3. The fourth-order valence-corrected chi connectivity index (χ4v) is 5.05. The number of halogens is 3. The monoisotopic (exact) mass is 497 g/mol. The second kappa shape index (κ2) is 7.81. The van der Waals surface area contributed by atoms with Crippen LogP contribution in [0.3, 0.4) is 0 Å². The number of pyridine rings is 1. The molecule has 6 rings (SSSR count). The van der Waals surface area contributed by atoms with Crippen molar-refractivity contribution in [2.75, 3.05) is 19.6 Å². The molecule has 2 amide bonds. The molecule has 186 valence electrons. The standard InChI is InChI=1S/C25H22F3N5O3/c1-24(27,28)17-5-4-16(11-18(17)26)33-20(15-3-2-8-29-13-15)12-19(30-33)22(34)31-9-10-32-21(14-31)25(6-7-25)36-23(32)35/h2-5,8,11-13,21H,6-7,9-10,14H2,1H3/t21-/m0/s1. The smallest absolute Gasteiger partial charge is 0.410 e. The topological polar surface area (TPSA) is 80.6 Å². The van der Waals surface area contributed by atoms with Crippen LogP contribution in [0.2, 0.25) is 0 Å². The van der Waals surface area contributed by atoms with Crippen molar-refractivity contribution in [3.8, 4) is 16.9 Å². The normalized spacial score (nSPS) is 20.4. The highest BCUT2D eigenvalue weighted by atomic mass is 19.3. The predicted molar refractivity (Wildman–Crippen MR) is 121 cm³/mol. The molecule has 3 fully saturated rings. The molecule has 3 aromatic rings. The van der Waals surface area contributed by atoms with Gasteiger partial charge in [0.05, 0.1) is 23.0 Å². The first-order valence-corrected chi connectivity index (χ1v) is 11.6. The number of carbonyl (C=O) groups excluding carboxylic acids is 2. The summed E-state index contributed by atoms with van der Waals surface area (Å²) in [5.41, 5.74) is 0.150. The van der Waals surface area contributed by atoms with E-state index in [1.165, 1.54) is 10.7 Å². The Hall–Kier alpha value is -3.89. The number of hydrogen-bond donors (Lipinski definition) is 0. The minimum atomic E-state index is -3.34. The number of ether oxygens (including phenoxy) is 1. The lowest BCUT2D eigenvalue weighted by atomic mass is 10.1. The van der Waals surface area contributed by atoms with E-state index in [2.05, 4.69) is 10.1 Å². The van der Waals surface area contributed by atoms with E-state index in [0.717, 1.165) is 25.0 Å². The average Bonchev–Trinajstić information content (AvgIpc) is 3.40. The highest BCUT2D eigenvalue weighted by molar-refractivity contribution is 5.94. The number of amides is 2. The summed E-state index contributed by atoms with van der Waals surface area (Å²) in [6.45, 7) is 1.65. The molecule has 2 aromatic heterocycles. The molecular weight excluding hydrogens is 475 g/mol. The molecule has 1 saturated carbocycles. The van der Waals surface area contributed by atoms with Crippen LogP contribution in [0.25, 0.3) is 16.9 Å². The maximum atomic E-state index is 14.6. The third-order valence-electron chi connectivity index (χ3n) is 7.10. The number of aromatic nitrogens is 3. The zero-order valence-corrected chi connectivity index (χ0v) is 19.3. The minimum absolute atomic E-state index is 0.114. The Morgan fingerprint density at radius 1 is 1.19 bits per heavy atom. The van der Waals surface area contributed by atoms with Gasteiger partial charge in [-0.05, 0) is 43.2 Å². The average molecular weight is 497 g/mol. The van der Waals surface area contributed by atoms with Gasteiger partial charge < -0.3 is 9.64 Å². The molecule has 36 heavy (non-hydrogen) atoms. The second-order valence-corrected chi connectivity index (χ2v) is 9.51. The van der Waals surface area contributed by atoms with Crippen LogP contribution in [0.15, 0.2) is 48.8 Å². The molecule has 0 unspecified atom stereocenters. The maximum absolute atomic E-state index is 14.6. The largest absolute Gasteiger partial charge is 0.441 e. The Morgan fingerprint density at radius 3 is 2.67 bits per heavy atom. The highest BCUT2D eigenvalue weighted by Gasteiger charge is 2.63. The molecule has 0 N–H and O–H groups in total. The molecule has 1 atom stereocenters. The van der Waals surface area contributed by atoms with E-state index in [9.17, 15) is 22.8 Å². The van der Waals surface area contributed by atoms with Crippen LogP contribution in [-0.4, -0.2) is 67.8 Å². The first-order chi connectivity index (χ1) is 17.2. The number of alkyl halides is 2. The Kier molecular flexibility index (Phi) is 4.89. The van der Waals surface area contributed by atoms with E-state index >= 15 is 0 Å². The summed E-state index contributed by atoms with van der Waals surface area (Å²) >= 11 is 0. The van der Waals surface area contributed by atoms with E-state index < -0.39 is 22.9 Å². The molecule has 0 bridgehead atoms. The van der Waals surface area contributed by atoms with Gasteiger partial charge in [-0.1, -0.05) is 0 Å². The first kappa shape index (κ1) is 22.6. The van der Waals surface area contributed by atoms with Crippen LogP contribution in [-0.2, 0) is 10.7 Å². The molecule has 3 aliphatic rings. The van der Waals surface area contributed by atoms with Gasteiger partial charge in [0.2, 0.25) is 0 Å². The lowest BCUT2D eigenvalue weighted by molar-refractivity contribution is 0.0137. The summed E-state index contributed by atoms with van der Waals surface area (Å²) in [4.78, 5) is 33.1. The Bertz CT molecular complexity index is 1370. The Morgan fingerprint density at radius 2 is 2.00 bits per heavy atom. The summed E-state index contributed by atoms with van der Waals surface area (Å²) in [5, 5.41) is 4.45. The van der Waals surface area contributed by atoms with E-state index in [0.29, 0.717) is 37.8 Å². The zero-order valence-electron chi connectivity index (χ0n) is 19.3. The lowest BCUT2D eigenvalue weighted by Crippen LogP contribution is -2.56. The lowest BCUT2D eigenvalue weighted by Gasteiger charge is -2.36. The van der Waals surface area contributed by atoms with Gasteiger partial charge in [-0.15, -0.1) is 0 Å². The third-order valence-corrected chi connectivity index (χ3v) is 7.10. The van der Waals surface area contributed by atoms with Crippen molar-refractivity contribution < 1.29 is 27.5 Å². The van der Waals surface area contributed by atoms with Crippen LogP contribution in [0, 0.1) is 5.82 Å². The van der Waals surface area contributed by atoms with Crippen molar-refractivity contribution >= 4 is 12.0 Å². The SMILES string of the molecule is CC(F)(F)c1ccc(-n2nc(C(=O)N3CCN4C(=O)OC5(CC5)[C@@H]4C3)cc2-c2cccnc2)cc1F. The fourth-order valence-electron chi connectivity index (χ4n) is 5.05. The van der Waals surface area contributed by atoms with E-state index in [1.54, 1.807) is 40.4 Å². The van der Waals surface area contributed by atoms with Gasteiger partial charge in [0.15, 0.2) is 5.69 Å². The number of fused-ring (bicyclic) bond motifs is 2.